The van der Waals surface area contributed by atoms with Gasteiger partial charge >= 0.3 is 0 Å². The minimum Gasteiger partial charge on any atom is -0.481 e. The zero-order valence-corrected chi connectivity index (χ0v) is 13.7. The second-order valence-electron chi connectivity index (χ2n) is 5.32. The first-order valence-corrected chi connectivity index (χ1v) is 7.85. The van der Waals surface area contributed by atoms with Crippen LogP contribution in [-0.2, 0) is 0 Å². The molecule has 120 valence electrons. The zero-order valence-electron chi connectivity index (χ0n) is 12.9. The van der Waals surface area contributed by atoms with Crippen LogP contribution in [0.25, 0.3) is 0 Å². The number of carbonyl (C=O) groups is 1. The summed E-state index contributed by atoms with van der Waals surface area (Å²) < 4.78 is 5.01. The van der Waals surface area contributed by atoms with Crippen LogP contribution in [0.1, 0.15) is 10.4 Å². The lowest BCUT2D eigenvalue weighted by molar-refractivity contribution is 0.0746. The Bertz CT molecular complexity index is 682. The van der Waals surface area contributed by atoms with E-state index >= 15 is 0 Å². The molecule has 0 atom stereocenters. The van der Waals surface area contributed by atoms with Crippen molar-refractivity contribution in [3.05, 3.63) is 53.2 Å². The third kappa shape index (κ3) is 3.40. The molecule has 1 amide bonds. The average molecular weight is 332 g/mol. The molecule has 0 radical (unpaired) electrons. The molecule has 2 aromatic rings. The van der Waals surface area contributed by atoms with E-state index in [9.17, 15) is 4.79 Å². The van der Waals surface area contributed by atoms with E-state index in [0.29, 0.717) is 24.5 Å². The summed E-state index contributed by atoms with van der Waals surface area (Å²) in [5.74, 6) is 0.504. The van der Waals surface area contributed by atoms with Gasteiger partial charge in [0.2, 0.25) is 5.88 Å². The van der Waals surface area contributed by atoms with Crippen molar-refractivity contribution in [2.45, 2.75) is 0 Å². The van der Waals surface area contributed by atoms with Crippen molar-refractivity contribution in [2.75, 3.05) is 38.2 Å². The summed E-state index contributed by atoms with van der Waals surface area (Å²) in [6.07, 6.45) is 1.56. The minimum atomic E-state index is -0.000961. The third-order valence-corrected chi connectivity index (χ3v) is 4.27. The lowest BCUT2D eigenvalue weighted by atomic mass is 10.2. The van der Waals surface area contributed by atoms with Crippen LogP contribution >= 0.6 is 11.6 Å². The lowest BCUT2D eigenvalue weighted by Crippen LogP contribution is -2.48. The van der Waals surface area contributed by atoms with E-state index in [2.05, 4.69) is 9.88 Å². The number of halogens is 1. The molecule has 2 heterocycles. The number of aromatic nitrogens is 1. The van der Waals surface area contributed by atoms with E-state index in [1.54, 1.807) is 25.4 Å². The van der Waals surface area contributed by atoms with Gasteiger partial charge in [0.15, 0.2) is 0 Å². The second-order valence-corrected chi connectivity index (χ2v) is 5.73. The van der Waals surface area contributed by atoms with Crippen LogP contribution in [-0.4, -0.2) is 49.1 Å². The number of pyridine rings is 1. The van der Waals surface area contributed by atoms with E-state index in [0.717, 1.165) is 23.8 Å². The number of methoxy groups -OCH3 is 1. The van der Waals surface area contributed by atoms with Gasteiger partial charge in [-0.15, -0.1) is 0 Å². The van der Waals surface area contributed by atoms with Gasteiger partial charge in [-0.2, -0.15) is 0 Å². The molecular weight excluding hydrogens is 314 g/mol. The second kappa shape index (κ2) is 6.87. The lowest BCUT2D eigenvalue weighted by Gasteiger charge is -2.36. The monoisotopic (exact) mass is 331 g/mol. The Hall–Kier alpha value is -2.27. The van der Waals surface area contributed by atoms with Crippen LogP contribution in [0.5, 0.6) is 5.88 Å². The molecular formula is C17H18ClN3O2. The van der Waals surface area contributed by atoms with E-state index in [1.165, 1.54) is 0 Å². The highest BCUT2D eigenvalue weighted by molar-refractivity contribution is 6.33. The predicted molar refractivity (Wildman–Crippen MR) is 90.4 cm³/mol. The summed E-state index contributed by atoms with van der Waals surface area (Å²) in [4.78, 5) is 20.7. The van der Waals surface area contributed by atoms with Gasteiger partial charge in [0.1, 0.15) is 0 Å². The van der Waals surface area contributed by atoms with E-state index < -0.39 is 0 Å². The number of carbonyl (C=O) groups excluding carboxylic acids is 1. The Kier molecular flexibility index (Phi) is 4.67. The van der Waals surface area contributed by atoms with Crippen LogP contribution < -0.4 is 9.64 Å². The molecule has 1 aliphatic rings. The first-order chi connectivity index (χ1) is 11.2. The molecule has 5 nitrogen and oxygen atoms in total. The maximum atomic E-state index is 12.5. The van der Waals surface area contributed by atoms with Gasteiger partial charge in [-0.05, 0) is 18.2 Å². The number of ether oxygens (including phenoxy) is 1. The summed E-state index contributed by atoms with van der Waals surface area (Å²) in [5.41, 5.74) is 1.60. The van der Waals surface area contributed by atoms with Crippen molar-refractivity contribution in [3.8, 4) is 5.88 Å². The molecule has 3 rings (SSSR count). The number of nitrogens with zero attached hydrogens (tertiary/aromatic N) is 3. The zero-order chi connectivity index (χ0) is 16.2. The fourth-order valence-corrected chi connectivity index (χ4v) is 2.92. The molecule has 6 heteroatoms. The summed E-state index contributed by atoms with van der Waals surface area (Å²) in [5, 5.41) is 0.742. The van der Waals surface area contributed by atoms with Crippen LogP contribution in [0.3, 0.4) is 0 Å². The fraction of sp³-hybridized carbons (Fsp3) is 0.294. The van der Waals surface area contributed by atoms with Crippen molar-refractivity contribution in [1.29, 1.82) is 0 Å². The highest BCUT2D eigenvalue weighted by Gasteiger charge is 2.23. The van der Waals surface area contributed by atoms with Gasteiger partial charge in [0.25, 0.3) is 5.91 Å². The Morgan fingerprint density at radius 2 is 1.87 bits per heavy atom. The number of piperazine rings is 1. The maximum absolute atomic E-state index is 12.5. The van der Waals surface area contributed by atoms with Crippen LogP contribution in [0, 0.1) is 0 Å². The molecule has 0 unspecified atom stereocenters. The summed E-state index contributed by atoms with van der Waals surface area (Å²) in [6, 6.07) is 11.2. The Morgan fingerprint density at radius 3 is 2.48 bits per heavy atom. The molecule has 0 N–H and O–H groups in total. The van der Waals surface area contributed by atoms with Crippen molar-refractivity contribution in [1.82, 2.24) is 9.88 Å². The smallest absolute Gasteiger partial charge is 0.255 e. The van der Waals surface area contributed by atoms with Gasteiger partial charge in [0.05, 0.1) is 23.4 Å². The number of benzene rings is 1. The first-order valence-electron chi connectivity index (χ1n) is 7.48. The van der Waals surface area contributed by atoms with Crippen molar-refractivity contribution >= 4 is 23.2 Å². The van der Waals surface area contributed by atoms with Gasteiger partial charge < -0.3 is 14.5 Å². The molecule has 23 heavy (non-hydrogen) atoms. The Labute approximate surface area is 140 Å². The average Bonchev–Trinajstić information content (AvgIpc) is 2.62. The SMILES string of the molecule is COc1ccc(C(=O)N2CCN(c3ccccc3Cl)CC2)cn1. The number of hydrogen-bond acceptors (Lipinski definition) is 4. The predicted octanol–water partition coefficient (Wildman–Crippen LogP) is 2.71. The largest absolute Gasteiger partial charge is 0.481 e. The van der Waals surface area contributed by atoms with E-state index in [-0.39, 0.29) is 5.91 Å². The molecule has 0 bridgehead atoms. The number of amides is 1. The number of rotatable bonds is 3. The van der Waals surface area contributed by atoms with Crippen LogP contribution in [0.15, 0.2) is 42.6 Å². The van der Waals surface area contributed by atoms with Crippen molar-refractivity contribution < 1.29 is 9.53 Å². The molecule has 0 saturated carbocycles. The Morgan fingerprint density at radius 1 is 1.13 bits per heavy atom. The van der Waals surface area contributed by atoms with Gasteiger partial charge in [-0.1, -0.05) is 23.7 Å². The maximum Gasteiger partial charge on any atom is 0.255 e. The topological polar surface area (TPSA) is 45.7 Å². The molecule has 1 saturated heterocycles. The highest BCUT2D eigenvalue weighted by Crippen LogP contribution is 2.26. The quantitative estimate of drug-likeness (QED) is 0.867. The van der Waals surface area contributed by atoms with Gasteiger partial charge in [-0.25, -0.2) is 4.98 Å². The standard InChI is InChI=1S/C17H18ClN3O2/c1-23-16-7-6-13(12-19-16)17(22)21-10-8-20(9-11-21)15-5-3-2-4-14(15)18/h2-7,12H,8-11H2,1H3. The summed E-state index contributed by atoms with van der Waals surface area (Å²) in [7, 11) is 1.55. The normalized spacial score (nSPS) is 14.7. The highest BCUT2D eigenvalue weighted by atomic mass is 35.5. The molecule has 1 aliphatic heterocycles. The molecule has 1 aromatic carbocycles. The Balaban J connectivity index is 1.64. The minimum absolute atomic E-state index is 0.000961. The van der Waals surface area contributed by atoms with Crippen molar-refractivity contribution in [2.24, 2.45) is 0 Å². The number of hydrogen-bond donors (Lipinski definition) is 0. The van der Waals surface area contributed by atoms with E-state index in [4.69, 9.17) is 16.3 Å². The number of anilines is 1. The summed E-state index contributed by atoms with van der Waals surface area (Å²) >= 11 is 6.24. The van der Waals surface area contributed by atoms with E-state index in [1.807, 2.05) is 29.2 Å². The molecule has 0 spiro atoms. The number of para-hydroxylation sites is 1. The van der Waals surface area contributed by atoms with Crippen LogP contribution in [0.4, 0.5) is 5.69 Å². The van der Waals surface area contributed by atoms with Crippen LogP contribution in [0.2, 0.25) is 5.02 Å². The first kappa shape index (κ1) is 15.6. The van der Waals surface area contributed by atoms with Crippen molar-refractivity contribution in [3.63, 3.8) is 0 Å². The van der Waals surface area contributed by atoms with Gasteiger partial charge in [-0.3, -0.25) is 4.79 Å². The molecule has 1 fully saturated rings. The fourth-order valence-electron chi connectivity index (χ4n) is 2.67. The molecule has 1 aromatic heterocycles. The third-order valence-electron chi connectivity index (χ3n) is 3.95. The summed E-state index contributed by atoms with van der Waals surface area (Å²) in [6.45, 7) is 2.85. The molecule has 0 aliphatic carbocycles. The van der Waals surface area contributed by atoms with Gasteiger partial charge in [0, 0.05) is 38.4 Å².